The molecule has 2 heterocycles. The summed E-state index contributed by atoms with van der Waals surface area (Å²) < 4.78 is 18.4. The molecule has 3 rings (SSSR count). The Kier molecular flexibility index (Phi) is 2.48. The predicted molar refractivity (Wildman–Crippen MR) is 68.4 cm³/mol. The van der Waals surface area contributed by atoms with E-state index in [9.17, 15) is 4.39 Å². The SMILES string of the molecule is Cc1cc(F)ccc1Nc1coc2cnccc12. The summed E-state index contributed by atoms with van der Waals surface area (Å²) in [6.45, 7) is 1.86. The van der Waals surface area contributed by atoms with Crippen LogP contribution in [0, 0.1) is 12.7 Å². The van der Waals surface area contributed by atoms with Crippen LogP contribution in [0.3, 0.4) is 0 Å². The standard InChI is InChI=1S/C14H11FN2O/c1-9-6-10(15)2-3-12(9)17-13-8-18-14-7-16-5-4-11(13)14/h2-8,17H,1H3. The van der Waals surface area contributed by atoms with E-state index in [-0.39, 0.29) is 5.82 Å². The minimum Gasteiger partial charge on any atom is -0.460 e. The van der Waals surface area contributed by atoms with Crippen molar-refractivity contribution in [3.05, 3.63) is 54.3 Å². The summed E-state index contributed by atoms with van der Waals surface area (Å²) in [6, 6.07) is 6.51. The Balaban J connectivity index is 2.01. The smallest absolute Gasteiger partial charge is 0.154 e. The molecule has 1 N–H and O–H groups in total. The molecule has 0 saturated heterocycles. The number of aromatic nitrogens is 1. The summed E-state index contributed by atoms with van der Waals surface area (Å²) in [5, 5.41) is 4.19. The molecule has 0 amide bonds. The molecule has 18 heavy (non-hydrogen) atoms. The van der Waals surface area contributed by atoms with Gasteiger partial charge in [-0.1, -0.05) is 0 Å². The van der Waals surface area contributed by atoms with Crippen molar-refractivity contribution in [3.63, 3.8) is 0 Å². The number of furan rings is 1. The van der Waals surface area contributed by atoms with Gasteiger partial charge in [0.05, 0.1) is 11.9 Å². The Labute approximate surface area is 103 Å². The van der Waals surface area contributed by atoms with Gasteiger partial charge in [-0.3, -0.25) is 4.98 Å². The third-order valence-corrected chi connectivity index (χ3v) is 2.84. The molecule has 3 aromatic rings. The van der Waals surface area contributed by atoms with Crippen LogP contribution in [0.25, 0.3) is 11.0 Å². The van der Waals surface area contributed by atoms with E-state index >= 15 is 0 Å². The fourth-order valence-electron chi connectivity index (χ4n) is 1.89. The van der Waals surface area contributed by atoms with E-state index in [1.165, 1.54) is 12.1 Å². The third-order valence-electron chi connectivity index (χ3n) is 2.84. The predicted octanol–water partition coefficient (Wildman–Crippen LogP) is 4.02. The van der Waals surface area contributed by atoms with E-state index in [0.29, 0.717) is 0 Å². The number of rotatable bonds is 2. The first-order valence-electron chi connectivity index (χ1n) is 5.58. The molecule has 0 unspecified atom stereocenters. The highest BCUT2D eigenvalue weighted by Gasteiger charge is 2.07. The number of anilines is 2. The van der Waals surface area contributed by atoms with Crippen LogP contribution in [0.2, 0.25) is 0 Å². The van der Waals surface area contributed by atoms with Gasteiger partial charge < -0.3 is 9.73 Å². The molecule has 0 aliphatic rings. The van der Waals surface area contributed by atoms with Crippen LogP contribution in [0.5, 0.6) is 0 Å². The fourth-order valence-corrected chi connectivity index (χ4v) is 1.89. The molecule has 0 saturated carbocycles. The van der Waals surface area contributed by atoms with Gasteiger partial charge in [-0.15, -0.1) is 0 Å². The van der Waals surface area contributed by atoms with Crippen molar-refractivity contribution in [3.8, 4) is 0 Å². The second-order valence-electron chi connectivity index (χ2n) is 4.11. The molecule has 4 heteroatoms. The normalized spacial score (nSPS) is 10.8. The highest BCUT2D eigenvalue weighted by molar-refractivity contribution is 5.91. The first kappa shape index (κ1) is 10.8. The molecule has 1 aromatic carbocycles. The third kappa shape index (κ3) is 1.82. The van der Waals surface area contributed by atoms with Crippen molar-refractivity contribution in [1.82, 2.24) is 4.98 Å². The summed E-state index contributed by atoms with van der Waals surface area (Å²) >= 11 is 0. The lowest BCUT2D eigenvalue weighted by Crippen LogP contribution is -1.92. The topological polar surface area (TPSA) is 38.1 Å². The molecular formula is C14H11FN2O. The van der Waals surface area contributed by atoms with Crippen LogP contribution >= 0.6 is 0 Å². The molecule has 90 valence electrons. The van der Waals surface area contributed by atoms with E-state index in [1.54, 1.807) is 24.7 Å². The number of benzene rings is 1. The van der Waals surface area contributed by atoms with Gasteiger partial charge in [0.1, 0.15) is 12.1 Å². The first-order chi connectivity index (χ1) is 8.74. The maximum absolute atomic E-state index is 13.0. The van der Waals surface area contributed by atoms with Gasteiger partial charge >= 0.3 is 0 Å². The average molecular weight is 242 g/mol. The van der Waals surface area contributed by atoms with Gasteiger partial charge in [0.2, 0.25) is 0 Å². The van der Waals surface area contributed by atoms with Gasteiger partial charge in [-0.25, -0.2) is 4.39 Å². The van der Waals surface area contributed by atoms with Crippen LogP contribution < -0.4 is 5.32 Å². The molecule has 0 aliphatic carbocycles. The van der Waals surface area contributed by atoms with Gasteiger partial charge in [-0.2, -0.15) is 0 Å². The number of halogens is 1. The van der Waals surface area contributed by atoms with E-state index in [1.807, 2.05) is 13.0 Å². The Morgan fingerprint density at radius 2 is 2.11 bits per heavy atom. The van der Waals surface area contributed by atoms with E-state index < -0.39 is 0 Å². The molecule has 0 fully saturated rings. The second-order valence-corrected chi connectivity index (χ2v) is 4.11. The minimum atomic E-state index is -0.237. The number of nitrogens with one attached hydrogen (secondary N) is 1. The van der Waals surface area contributed by atoms with E-state index in [0.717, 1.165) is 27.9 Å². The number of hydrogen-bond acceptors (Lipinski definition) is 3. The van der Waals surface area contributed by atoms with Crippen LogP contribution in [-0.2, 0) is 0 Å². The summed E-state index contributed by atoms with van der Waals surface area (Å²) in [7, 11) is 0. The molecule has 3 nitrogen and oxygen atoms in total. The molecule has 0 atom stereocenters. The van der Waals surface area contributed by atoms with Crippen LogP contribution in [-0.4, -0.2) is 4.98 Å². The Morgan fingerprint density at radius 1 is 1.22 bits per heavy atom. The Morgan fingerprint density at radius 3 is 2.94 bits per heavy atom. The first-order valence-corrected chi connectivity index (χ1v) is 5.58. The van der Waals surface area contributed by atoms with Gasteiger partial charge in [0.15, 0.2) is 5.58 Å². The van der Waals surface area contributed by atoms with Crippen LogP contribution in [0.15, 0.2) is 47.3 Å². The van der Waals surface area contributed by atoms with E-state index in [4.69, 9.17) is 4.42 Å². The van der Waals surface area contributed by atoms with Crippen molar-refractivity contribution < 1.29 is 8.81 Å². The van der Waals surface area contributed by atoms with Crippen molar-refractivity contribution in [2.24, 2.45) is 0 Å². The van der Waals surface area contributed by atoms with Crippen molar-refractivity contribution in [2.75, 3.05) is 5.32 Å². The van der Waals surface area contributed by atoms with Crippen molar-refractivity contribution in [1.29, 1.82) is 0 Å². The fraction of sp³-hybridized carbons (Fsp3) is 0.0714. The van der Waals surface area contributed by atoms with Crippen molar-refractivity contribution >= 4 is 22.3 Å². The quantitative estimate of drug-likeness (QED) is 0.737. The summed E-state index contributed by atoms with van der Waals surface area (Å²) in [5.74, 6) is -0.237. The molecular weight excluding hydrogens is 231 g/mol. The zero-order chi connectivity index (χ0) is 12.5. The second kappa shape index (κ2) is 4.14. The largest absolute Gasteiger partial charge is 0.460 e. The van der Waals surface area contributed by atoms with Crippen molar-refractivity contribution in [2.45, 2.75) is 6.92 Å². The number of fused-ring (bicyclic) bond motifs is 1. The average Bonchev–Trinajstić information content (AvgIpc) is 2.76. The highest BCUT2D eigenvalue weighted by atomic mass is 19.1. The number of nitrogens with zero attached hydrogens (tertiary/aromatic N) is 1. The number of aryl methyl sites for hydroxylation is 1. The maximum Gasteiger partial charge on any atom is 0.154 e. The molecule has 0 bridgehead atoms. The monoisotopic (exact) mass is 242 g/mol. The maximum atomic E-state index is 13.0. The molecule has 0 aliphatic heterocycles. The molecule has 2 aromatic heterocycles. The Bertz CT molecular complexity index is 706. The minimum absolute atomic E-state index is 0.237. The lowest BCUT2D eigenvalue weighted by atomic mass is 10.2. The van der Waals surface area contributed by atoms with Gasteiger partial charge in [-0.05, 0) is 36.8 Å². The van der Waals surface area contributed by atoms with Crippen LogP contribution in [0.4, 0.5) is 15.8 Å². The summed E-state index contributed by atoms with van der Waals surface area (Å²) in [5.41, 5.74) is 3.27. The number of pyridine rings is 1. The van der Waals surface area contributed by atoms with Gasteiger partial charge in [0, 0.05) is 17.3 Å². The lowest BCUT2D eigenvalue weighted by Gasteiger charge is -2.07. The molecule has 0 spiro atoms. The summed E-state index contributed by atoms with van der Waals surface area (Å²) in [6.07, 6.45) is 5.01. The zero-order valence-electron chi connectivity index (χ0n) is 9.77. The van der Waals surface area contributed by atoms with Crippen LogP contribution in [0.1, 0.15) is 5.56 Å². The zero-order valence-corrected chi connectivity index (χ0v) is 9.77. The lowest BCUT2D eigenvalue weighted by molar-refractivity contribution is 0.615. The highest BCUT2D eigenvalue weighted by Crippen LogP contribution is 2.29. The van der Waals surface area contributed by atoms with Gasteiger partial charge in [0.25, 0.3) is 0 Å². The number of hydrogen-bond donors (Lipinski definition) is 1. The summed E-state index contributed by atoms with van der Waals surface area (Å²) in [4.78, 5) is 3.99. The van der Waals surface area contributed by atoms with E-state index in [2.05, 4.69) is 10.3 Å². The Hall–Kier alpha value is -2.36. The molecule has 0 radical (unpaired) electrons.